The topological polar surface area (TPSA) is 36.4 Å². The van der Waals surface area contributed by atoms with Crippen LogP contribution in [0.15, 0.2) is 4.99 Å². The third kappa shape index (κ3) is 2.36. The highest BCUT2D eigenvalue weighted by molar-refractivity contribution is 5.81. The Bertz CT molecular complexity index is 200. The summed E-state index contributed by atoms with van der Waals surface area (Å²) in [7, 11) is 0. The van der Waals surface area contributed by atoms with Crippen molar-refractivity contribution in [3.05, 3.63) is 0 Å². The fourth-order valence-electron chi connectivity index (χ4n) is 2.25. The molecule has 1 aliphatic heterocycles. The van der Waals surface area contributed by atoms with Crippen molar-refractivity contribution < 1.29 is 0 Å². The lowest BCUT2D eigenvalue weighted by atomic mass is 9.87. The molecule has 1 aliphatic carbocycles. The zero-order valence-corrected chi connectivity index (χ0v) is 8.34. The van der Waals surface area contributed by atoms with E-state index in [1.165, 1.54) is 25.7 Å². The van der Waals surface area contributed by atoms with Crippen LogP contribution in [-0.2, 0) is 0 Å². The van der Waals surface area contributed by atoms with Crippen molar-refractivity contribution in [3.8, 4) is 0 Å². The van der Waals surface area contributed by atoms with Gasteiger partial charge in [0.1, 0.15) is 0 Å². The van der Waals surface area contributed by atoms with Gasteiger partial charge in [-0.25, -0.2) is 0 Å². The predicted molar refractivity (Wildman–Crippen MR) is 54.9 cm³/mol. The molecule has 2 aliphatic rings. The second kappa shape index (κ2) is 3.99. The van der Waals surface area contributed by atoms with Gasteiger partial charge in [-0.2, -0.15) is 0 Å². The standard InChI is InChI=1S/C10H19N3/c1-8-3-2-4-9(7-8)13-10-11-5-6-12-10/h8-9H,2-7H2,1H3,(H2,11,12,13). The SMILES string of the molecule is CC1CCCC(NC2=NCCN2)C1. The molecule has 13 heavy (non-hydrogen) atoms. The molecular formula is C10H19N3. The molecule has 74 valence electrons. The molecule has 3 heteroatoms. The van der Waals surface area contributed by atoms with Gasteiger partial charge in [0.25, 0.3) is 0 Å². The van der Waals surface area contributed by atoms with E-state index in [1.54, 1.807) is 0 Å². The van der Waals surface area contributed by atoms with Crippen LogP contribution in [0.4, 0.5) is 0 Å². The minimum absolute atomic E-state index is 0.660. The quantitative estimate of drug-likeness (QED) is 0.636. The van der Waals surface area contributed by atoms with Gasteiger partial charge in [0.15, 0.2) is 5.96 Å². The molecular weight excluding hydrogens is 162 g/mol. The van der Waals surface area contributed by atoms with Gasteiger partial charge >= 0.3 is 0 Å². The first-order chi connectivity index (χ1) is 6.34. The van der Waals surface area contributed by atoms with Crippen LogP contribution in [0.3, 0.4) is 0 Å². The monoisotopic (exact) mass is 181 g/mol. The van der Waals surface area contributed by atoms with Crippen LogP contribution in [0.2, 0.25) is 0 Å². The molecule has 2 rings (SSSR count). The lowest BCUT2D eigenvalue weighted by molar-refractivity contribution is 0.325. The van der Waals surface area contributed by atoms with Crippen molar-refractivity contribution >= 4 is 5.96 Å². The normalized spacial score (nSPS) is 33.8. The van der Waals surface area contributed by atoms with Crippen molar-refractivity contribution in [1.82, 2.24) is 10.6 Å². The highest BCUT2D eigenvalue weighted by Gasteiger charge is 2.20. The van der Waals surface area contributed by atoms with Gasteiger partial charge in [0.05, 0.1) is 6.54 Å². The van der Waals surface area contributed by atoms with Gasteiger partial charge in [-0.15, -0.1) is 0 Å². The summed E-state index contributed by atoms with van der Waals surface area (Å²) in [6.45, 7) is 4.28. The Kier molecular flexibility index (Phi) is 2.71. The average molecular weight is 181 g/mol. The molecule has 0 bridgehead atoms. The maximum atomic E-state index is 4.35. The van der Waals surface area contributed by atoms with E-state index < -0.39 is 0 Å². The van der Waals surface area contributed by atoms with Crippen molar-refractivity contribution in [3.63, 3.8) is 0 Å². The number of nitrogens with zero attached hydrogens (tertiary/aromatic N) is 1. The van der Waals surface area contributed by atoms with Crippen LogP contribution >= 0.6 is 0 Å². The number of guanidine groups is 1. The third-order valence-electron chi connectivity index (χ3n) is 2.95. The van der Waals surface area contributed by atoms with E-state index in [4.69, 9.17) is 0 Å². The van der Waals surface area contributed by atoms with E-state index >= 15 is 0 Å². The van der Waals surface area contributed by atoms with E-state index in [-0.39, 0.29) is 0 Å². The molecule has 0 aromatic heterocycles. The first kappa shape index (κ1) is 8.85. The van der Waals surface area contributed by atoms with E-state index in [2.05, 4.69) is 22.5 Å². The summed E-state index contributed by atoms with van der Waals surface area (Å²) in [5.41, 5.74) is 0. The Morgan fingerprint density at radius 2 is 2.38 bits per heavy atom. The molecule has 0 aromatic rings. The average Bonchev–Trinajstić information content (AvgIpc) is 2.57. The fraction of sp³-hybridized carbons (Fsp3) is 0.900. The van der Waals surface area contributed by atoms with E-state index in [1.807, 2.05) is 0 Å². The molecule has 1 heterocycles. The molecule has 0 amide bonds. The van der Waals surface area contributed by atoms with Crippen molar-refractivity contribution in [2.24, 2.45) is 10.9 Å². The number of hydrogen-bond acceptors (Lipinski definition) is 3. The number of aliphatic imine (C=N–C) groups is 1. The lowest BCUT2D eigenvalue weighted by Gasteiger charge is -2.28. The first-order valence-corrected chi connectivity index (χ1v) is 5.39. The van der Waals surface area contributed by atoms with Gasteiger partial charge in [-0.05, 0) is 18.8 Å². The summed E-state index contributed by atoms with van der Waals surface area (Å²) in [5.74, 6) is 1.91. The van der Waals surface area contributed by atoms with E-state index in [9.17, 15) is 0 Å². The molecule has 2 atom stereocenters. The van der Waals surface area contributed by atoms with Crippen LogP contribution in [0.25, 0.3) is 0 Å². The first-order valence-electron chi connectivity index (χ1n) is 5.39. The Morgan fingerprint density at radius 3 is 3.08 bits per heavy atom. The molecule has 0 spiro atoms. The summed E-state index contributed by atoms with van der Waals surface area (Å²) in [6, 6.07) is 0.660. The predicted octanol–water partition coefficient (Wildman–Crippen LogP) is 1.11. The second-order valence-corrected chi connectivity index (χ2v) is 4.27. The van der Waals surface area contributed by atoms with Crippen LogP contribution in [0.5, 0.6) is 0 Å². The van der Waals surface area contributed by atoms with Crippen LogP contribution in [-0.4, -0.2) is 25.1 Å². The lowest BCUT2D eigenvalue weighted by Crippen LogP contribution is -2.43. The van der Waals surface area contributed by atoms with E-state index in [0.29, 0.717) is 6.04 Å². The van der Waals surface area contributed by atoms with Crippen molar-refractivity contribution in [2.75, 3.05) is 13.1 Å². The number of hydrogen-bond donors (Lipinski definition) is 2. The Hall–Kier alpha value is -0.730. The molecule has 2 unspecified atom stereocenters. The summed E-state index contributed by atoms with van der Waals surface area (Å²) in [4.78, 5) is 4.35. The van der Waals surface area contributed by atoms with Gasteiger partial charge in [-0.1, -0.05) is 19.8 Å². The molecule has 1 saturated carbocycles. The summed E-state index contributed by atoms with van der Waals surface area (Å²) >= 11 is 0. The van der Waals surface area contributed by atoms with E-state index in [0.717, 1.165) is 25.0 Å². The fourth-order valence-corrected chi connectivity index (χ4v) is 2.25. The number of nitrogens with one attached hydrogen (secondary N) is 2. The van der Waals surface area contributed by atoms with Crippen LogP contribution in [0.1, 0.15) is 32.6 Å². The summed E-state index contributed by atoms with van der Waals surface area (Å²) in [5, 5.41) is 6.74. The Balaban J connectivity index is 1.80. The molecule has 2 N–H and O–H groups in total. The summed E-state index contributed by atoms with van der Waals surface area (Å²) < 4.78 is 0. The summed E-state index contributed by atoms with van der Waals surface area (Å²) in [6.07, 6.45) is 5.38. The van der Waals surface area contributed by atoms with Crippen molar-refractivity contribution in [1.29, 1.82) is 0 Å². The highest BCUT2D eigenvalue weighted by Crippen LogP contribution is 2.23. The minimum atomic E-state index is 0.660. The van der Waals surface area contributed by atoms with Crippen molar-refractivity contribution in [2.45, 2.75) is 38.6 Å². The second-order valence-electron chi connectivity index (χ2n) is 4.27. The zero-order chi connectivity index (χ0) is 9.10. The largest absolute Gasteiger partial charge is 0.355 e. The van der Waals surface area contributed by atoms with Crippen LogP contribution < -0.4 is 10.6 Å². The molecule has 1 fully saturated rings. The molecule has 3 nitrogen and oxygen atoms in total. The van der Waals surface area contributed by atoms with Gasteiger partial charge in [-0.3, -0.25) is 4.99 Å². The van der Waals surface area contributed by atoms with Crippen LogP contribution in [0, 0.1) is 5.92 Å². The maximum Gasteiger partial charge on any atom is 0.191 e. The smallest absolute Gasteiger partial charge is 0.191 e. The Labute approximate surface area is 80.0 Å². The van der Waals surface area contributed by atoms with Gasteiger partial charge in [0, 0.05) is 12.6 Å². The minimum Gasteiger partial charge on any atom is -0.355 e. The van der Waals surface area contributed by atoms with Gasteiger partial charge in [0.2, 0.25) is 0 Å². The maximum absolute atomic E-state index is 4.35. The zero-order valence-electron chi connectivity index (χ0n) is 8.34. The highest BCUT2D eigenvalue weighted by atomic mass is 15.2. The Morgan fingerprint density at radius 1 is 1.46 bits per heavy atom. The molecule has 0 saturated heterocycles. The number of rotatable bonds is 1. The van der Waals surface area contributed by atoms with Gasteiger partial charge < -0.3 is 10.6 Å². The molecule has 0 radical (unpaired) electrons. The third-order valence-corrected chi connectivity index (χ3v) is 2.95. The molecule has 0 aromatic carbocycles.